The Hall–Kier alpha value is -2.25. The van der Waals surface area contributed by atoms with Gasteiger partial charge in [0.15, 0.2) is 5.65 Å². The first-order chi connectivity index (χ1) is 13.0. The molecule has 0 spiro atoms. The second-order valence-electron chi connectivity index (χ2n) is 7.06. The molecule has 0 N–H and O–H groups in total. The zero-order valence-corrected chi connectivity index (χ0v) is 17.3. The molecule has 0 radical (unpaired) electrons. The van der Waals surface area contributed by atoms with E-state index in [1.54, 1.807) is 10.7 Å². The van der Waals surface area contributed by atoms with Gasteiger partial charge in [0.1, 0.15) is 0 Å². The van der Waals surface area contributed by atoms with Gasteiger partial charge in [0.25, 0.3) is 5.91 Å². The fourth-order valence-corrected chi connectivity index (χ4v) is 3.81. The van der Waals surface area contributed by atoms with Crippen LogP contribution in [0.25, 0.3) is 16.8 Å². The van der Waals surface area contributed by atoms with Crippen LogP contribution in [0.1, 0.15) is 21.7 Å². The van der Waals surface area contributed by atoms with E-state index in [1.165, 1.54) is 0 Å². The standard InChI is InChI=1S/C20H22BrN5O/c1-13-18(15-4-6-16(21)7-5-15)19-22-12-17(14(2)26(19)23-13)20(27)25-10-8-24(3)9-11-25/h4-7,12H,8-11H2,1-3H3. The van der Waals surface area contributed by atoms with Gasteiger partial charge >= 0.3 is 0 Å². The first-order valence-electron chi connectivity index (χ1n) is 9.04. The molecule has 2 aromatic heterocycles. The van der Waals surface area contributed by atoms with Gasteiger partial charge in [-0.3, -0.25) is 4.79 Å². The molecule has 1 amide bonds. The number of rotatable bonds is 2. The highest BCUT2D eigenvalue weighted by atomic mass is 79.9. The second-order valence-corrected chi connectivity index (χ2v) is 7.97. The number of fused-ring (bicyclic) bond motifs is 1. The molecular formula is C20H22BrN5O. The average Bonchev–Trinajstić information content (AvgIpc) is 3.00. The van der Waals surface area contributed by atoms with Crippen molar-refractivity contribution >= 4 is 27.5 Å². The van der Waals surface area contributed by atoms with Crippen LogP contribution in [0.15, 0.2) is 34.9 Å². The third kappa shape index (κ3) is 3.26. The van der Waals surface area contributed by atoms with Crippen molar-refractivity contribution in [2.24, 2.45) is 0 Å². The molecule has 1 saturated heterocycles. The molecule has 0 aliphatic carbocycles. The van der Waals surface area contributed by atoms with Crippen molar-refractivity contribution in [1.82, 2.24) is 24.4 Å². The Morgan fingerprint density at radius 1 is 1.07 bits per heavy atom. The Morgan fingerprint density at radius 2 is 1.74 bits per heavy atom. The lowest BCUT2D eigenvalue weighted by Crippen LogP contribution is -2.47. The number of carbonyl (C=O) groups is 1. The van der Waals surface area contributed by atoms with Crippen molar-refractivity contribution in [3.8, 4) is 11.1 Å². The maximum absolute atomic E-state index is 13.0. The van der Waals surface area contributed by atoms with Crippen molar-refractivity contribution in [3.05, 3.63) is 51.9 Å². The van der Waals surface area contributed by atoms with E-state index in [2.05, 4.69) is 50.1 Å². The highest BCUT2D eigenvalue weighted by molar-refractivity contribution is 9.10. The molecule has 0 unspecified atom stereocenters. The van der Waals surface area contributed by atoms with Crippen LogP contribution in [0.5, 0.6) is 0 Å². The molecule has 0 atom stereocenters. The summed E-state index contributed by atoms with van der Waals surface area (Å²) in [6.07, 6.45) is 1.70. The molecule has 3 heterocycles. The molecule has 3 aromatic rings. The number of amides is 1. The van der Waals surface area contributed by atoms with E-state index in [1.807, 2.05) is 30.9 Å². The number of benzene rings is 1. The van der Waals surface area contributed by atoms with Gasteiger partial charge in [-0.2, -0.15) is 5.10 Å². The van der Waals surface area contributed by atoms with Gasteiger partial charge in [-0.25, -0.2) is 9.50 Å². The van der Waals surface area contributed by atoms with Crippen LogP contribution in [0.4, 0.5) is 0 Å². The molecule has 1 aliphatic heterocycles. The van der Waals surface area contributed by atoms with Crippen LogP contribution in [-0.2, 0) is 0 Å². The van der Waals surface area contributed by atoms with E-state index in [9.17, 15) is 4.79 Å². The highest BCUT2D eigenvalue weighted by Gasteiger charge is 2.24. The lowest BCUT2D eigenvalue weighted by molar-refractivity contribution is 0.0662. The van der Waals surface area contributed by atoms with E-state index in [-0.39, 0.29) is 5.91 Å². The fourth-order valence-electron chi connectivity index (χ4n) is 3.55. The second kappa shape index (κ2) is 7.05. The summed E-state index contributed by atoms with van der Waals surface area (Å²) in [5.41, 5.74) is 5.20. The maximum atomic E-state index is 13.0. The minimum absolute atomic E-state index is 0.0355. The molecule has 7 heteroatoms. The summed E-state index contributed by atoms with van der Waals surface area (Å²) in [5, 5.41) is 4.68. The highest BCUT2D eigenvalue weighted by Crippen LogP contribution is 2.29. The minimum atomic E-state index is 0.0355. The van der Waals surface area contributed by atoms with Gasteiger partial charge in [0, 0.05) is 42.4 Å². The molecule has 1 fully saturated rings. The van der Waals surface area contributed by atoms with Crippen LogP contribution in [0.2, 0.25) is 0 Å². The van der Waals surface area contributed by atoms with Crippen LogP contribution >= 0.6 is 15.9 Å². The van der Waals surface area contributed by atoms with Crippen molar-refractivity contribution in [2.45, 2.75) is 13.8 Å². The summed E-state index contributed by atoms with van der Waals surface area (Å²) in [4.78, 5) is 21.8. The summed E-state index contributed by atoms with van der Waals surface area (Å²) in [6, 6.07) is 8.12. The van der Waals surface area contributed by atoms with Crippen LogP contribution in [0.3, 0.4) is 0 Å². The van der Waals surface area contributed by atoms with Crippen LogP contribution < -0.4 is 0 Å². The first kappa shape index (κ1) is 18.1. The lowest BCUT2D eigenvalue weighted by atomic mass is 10.1. The van der Waals surface area contributed by atoms with Crippen LogP contribution in [0, 0.1) is 13.8 Å². The van der Waals surface area contributed by atoms with Crippen molar-refractivity contribution < 1.29 is 4.79 Å². The zero-order valence-electron chi connectivity index (χ0n) is 15.7. The molecule has 0 bridgehead atoms. The minimum Gasteiger partial charge on any atom is -0.336 e. The number of nitrogens with zero attached hydrogens (tertiary/aromatic N) is 5. The van der Waals surface area contributed by atoms with Crippen molar-refractivity contribution in [3.63, 3.8) is 0 Å². The molecule has 1 aliphatic rings. The fraction of sp³-hybridized carbons (Fsp3) is 0.350. The number of hydrogen-bond acceptors (Lipinski definition) is 4. The molecule has 6 nitrogen and oxygen atoms in total. The van der Waals surface area contributed by atoms with Crippen molar-refractivity contribution in [1.29, 1.82) is 0 Å². The molecule has 0 saturated carbocycles. The normalized spacial score (nSPS) is 15.5. The first-order valence-corrected chi connectivity index (χ1v) is 9.83. The Balaban J connectivity index is 1.75. The summed E-state index contributed by atoms with van der Waals surface area (Å²) in [7, 11) is 2.08. The number of aromatic nitrogens is 3. The largest absolute Gasteiger partial charge is 0.336 e. The molecular weight excluding hydrogens is 406 g/mol. The number of aryl methyl sites for hydroxylation is 2. The zero-order chi connectivity index (χ0) is 19.1. The lowest BCUT2D eigenvalue weighted by Gasteiger charge is -2.32. The predicted octanol–water partition coefficient (Wildman–Crippen LogP) is 3.16. The third-order valence-electron chi connectivity index (χ3n) is 5.21. The van der Waals surface area contributed by atoms with Gasteiger partial charge in [0.05, 0.1) is 17.0 Å². The number of piperazine rings is 1. The summed E-state index contributed by atoms with van der Waals surface area (Å²) >= 11 is 3.47. The molecule has 4 rings (SSSR count). The van der Waals surface area contributed by atoms with Gasteiger partial charge in [-0.1, -0.05) is 28.1 Å². The van der Waals surface area contributed by atoms with E-state index < -0.39 is 0 Å². The summed E-state index contributed by atoms with van der Waals surface area (Å²) in [5.74, 6) is 0.0355. The van der Waals surface area contributed by atoms with Crippen LogP contribution in [-0.4, -0.2) is 63.5 Å². The Bertz CT molecular complexity index is 1000. The smallest absolute Gasteiger partial charge is 0.257 e. The number of hydrogen-bond donors (Lipinski definition) is 0. The molecule has 140 valence electrons. The Kier molecular flexibility index (Phi) is 4.74. The van der Waals surface area contributed by atoms with Crippen molar-refractivity contribution in [2.75, 3.05) is 33.2 Å². The van der Waals surface area contributed by atoms with E-state index in [0.717, 1.165) is 58.8 Å². The number of likely N-dealkylation sites (N-methyl/N-ethyl adjacent to an activating group) is 1. The average molecular weight is 428 g/mol. The third-order valence-corrected chi connectivity index (χ3v) is 5.74. The van der Waals surface area contributed by atoms with E-state index in [0.29, 0.717) is 5.56 Å². The number of carbonyl (C=O) groups excluding carboxylic acids is 1. The Morgan fingerprint density at radius 3 is 2.41 bits per heavy atom. The van der Waals surface area contributed by atoms with E-state index >= 15 is 0 Å². The van der Waals surface area contributed by atoms with E-state index in [4.69, 9.17) is 0 Å². The molecule has 1 aromatic carbocycles. The van der Waals surface area contributed by atoms with Gasteiger partial charge in [0.2, 0.25) is 0 Å². The number of halogens is 1. The SMILES string of the molecule is Cc1nn2c(C)c(C(=O)N3CCN(C)CC3)cnc2c1-c1ccc(Br)cc1. The summed E-state index contributed by atoms with van der Waals surface area (Å²) in [6.45, 7) is 7.21. The Labute approximate surface area is 166 Å². The topological polar surface area (TPSA) is 53.7 Å². The van der Waals surface area contributed by atoms with Gasteiger partial charge in [-0.15, -0.1) is 0 Å². The van der Waals surface area contributed by atoms with Gasteiger partial charge < -0.3 is 9.80 Å². The monoisotopic (exact) mass is 427 g/mol. The van der Waals surface area contributed by atoms with Gasteiger partial charge in [-0.05, 0) is 38.6 Å². The molecule has 27 heavy (non-hydrogen) atoms. The summed E-state index contributed by atoms with van der Waals surface area (Å²) < 4.78 is 2.83. The maximum Gasteiger partial charge on any atom is 0.257 e. The quantitative estimate of drug-likeness (QED) is 0.630. The predicted molar refractivity (Wildman–Crippen MR) is 109 cm³/mol.